The highest BCUT2D eigenvalue weighted by Crippen LogP contribution is 2.31. The molecule has 1 aliphatic rings. The topological polar surface area (TPSA) is 85.3 Å². The molecule has 1 aromatic rings. The van der Waals surface area contributed by atoms with Gasteiger partial charge in [0.25, 0.3) is 0 Å². The first-order valence-electron chi connectivity index (χ1n) is 6.84. The summed E-state index contributed by atoms with van der Waals surface area (Å²) in [5.74, 6) is 1.63. The summed E-state index contributed by atoms with van der Waals surface area (Å²) in [5, 5.41) is 0. The molecule has 0 aromatic carbocycles. The first-order valence-corrected chi connectivity index (χ1v) is 9.11. The molecule has 20 heavy (non-hydrogen) atoms. The van der Waals surface area contributed by atoms with Crippen molar-refractivity contribution in [3.05, 3.63) is 16.5 Å². The molecule has 0 spiro atoms. The van der Waals surface area contributed by atoms with E-state index in [1.807, 2.05) is 0 Å². The molecule has 1 fully saturated rings. The average molecular weight is 365 g/mol. The van der Waals surface area contributed by atoms with Crippen molar-refractivity contribution in [2.75, 3.05) is 0 Å². The van der Waals surface area contributed by atoms with Crippen molar-refractivity contribution in [2.45, 2.75) is 50.6 Å². The Bertz CT molecular complexity index is 570. The fraction of sp³-hybridized carbons (Fsp3) is 0.692. The van der Waals surface area contributed by atoms with E-state index < -0.39 is 10.0 Å². The quantitative estimate of drug-likeness (QED) is 0.859. The second kappa shape index (κ2) is 6.17. The number of rotatable bonds is 4. The van der Waals surface area contributed by atoms with E-state index in [-0.39, 0.29) is 22.2 Å². The molecular formula is C13H21BrN2O3S. The molecule has 3 atom stereocenters. The Morgan fingerprint density at radius 1 is 1.40 bits per heavy atom. The van der Waals surface area contributed by atoms with Gasteiger partial charge in [0.05, 0.1) is 6.54 Å². The lowest BCUT2D eigenvalue weighted by molar-refractivity contribution is 0.242. The maximum absolute atomic E-state index is 12.4. The highest BCUT2D eigenvalue weighted by atomic mass is 79.9. The SMILES string of the molecule is CC1CCC(NS(=O)(=O)c2cc(CN)oc2Br)CC1C. The van der Waals surface area contributed by atoms with Crippen LogP contribution in [0.25, 0.3) is 0 Å². The normalized spacial score (nSPS) is 27.7. The molecule has 0 bridgehead atoms. The molecular weight excluding hydrogens is 344 g/mol. The van der Waals surface area contributed by atoms with Gasteiger partial charge < -0.3 is 10.2 Å². The molecule has 1 saturated carbocycles. The van der Waals surface area contributed by atoms with E-state index in [4.69, 9.17) is 10.2 Å². The summed E-state index contributed by atoms with van der Waals surface area (Å²) < 4.78 is 33.0. The van der Waals surface area contributed by atoms with Crippen LogP contribution in [0.15, 0.2) is 20.0 Å². The van der Waals surface area contributed by atoms with Crippen LogP contribution in [-0.2, 0) is 16.6 Å². The number of hydrogen-bond donors (Lipinski definition) is 2. The number of hydrogen-bond acceptors (Lipinski definition) is 4. The van der Waals surface area contributed by atoms with Crippen molar-refractivity contribution >= 4 is 26.0 Å². The highest BCUT2D eigenvalue weighted by Gasteiger charge is 2.30. The van der Waals surface area contributed by atoms with Crippen molar-refractivity contribution in [1.29, 1.82) is 0 Å². The van der Waals surface area contributed by atoms with Gasteiger partial charge in [0.1, 0.15) is 10.7 Å². The summed E-state index contributed by atoms with van der Waals surface area (Å²) in [4.78, 5) is 0.129. The summed E-state index contributed by atoms with van der Waals surface area (Å²) in [5.41, 5.74) is 5.46. The average Bonchev–Trinajstić information content (AvgIpc) is 2.76. The first kappa shape index (κ1) is 16.0. The summed E-state index contributed by atoms with van der Waals surface area (Å²) >= 11 is 3.14. The van der Waals surface area contributed by atoms with Crippen LogP contribution in [0.3, 0.4) is 0 Å². The third kappa shape index (κ3) is 3.44. The van der Waals surface area contributed by atoms with Crippen molar-refractivity contribution in [3.8, 4) is 0 Å². The predicted molar refractivity (Wildman–Crippen MR) is 80.6 cm³/mol. The first-order chi connectivity index (χ1) is 9.33. The number of nitrogens with two attached hydrogens (primary N) is 1. The Morgan fingerprint density at radius 2 is 2.10 bits per heavy atom. The number of halogens is 1. The monoisotopic (exact) mass is 364 g/mol. The zero-order chi connectivity index (χ0) is 14.9. The molecule has 1 aromatic heterocycles. The van der Waals surface area contributed by atoms with Gasteiger partial charge >= 0.3 is 0 Å². The lowest BCUT2D eigenvalue weighted by Gasteiger charge is -2.32. The van der Waals surface area contributed by atoms with Gasteiger partial charge in [0.15, 0.2) is 4.67 Å². The van der Waals surface area contributed by atoms with Crippen molar-refractivity contribution in [2.24, 2.45) is 17.6 Å². The fourth-order valence-corrected chi connectivity index (χ4v) is 4.90. The van der Waals surface area contributed by atoms with Gasteiger partial charge in [0.2, 0.25) is 10.0 Å². The zero-order valence-corrected chi connectivity index (χ0v) is 14.1. The second-order valence-electron chi connectivity index (χ2n) is 5.64. The molecule has 1 aliphatic carbocycles. The van der Waals surface area contributed by atoms with Crippen LogP contribution < -0.4 is 10.5 Å². The van der Waals surface area contributed by atoms with Crippen LogP contribution >= 0.6 is 15.9 Å². The van der Waals surface area contributed by atoms with E-state index in [9.17, 15) is 8.42 Å². The number of nitrogens with one attached hydrogen (secondary N) is 1. The van der Waals surface area contributed by atoms with E-state index in [2.05, 4.69) is 34.5 Å². The standard InChI is InChI=1S/C13H21BrN2O3S/c1-8-3-4-10(5-9(8)2)16-20(17,18)12-6-11(7-15)19-13(12)14/h6,8-10,16H,3-5,7,15H2,1-2H3. The van der Waals surface area contributed by atoms with Crippen molar-refractivity contribution in [3.63, 3.8) is 0 Å². The van der Waals surface area contributed by atoms with Gasteiger partial charge in [-0.2, -0.15) is 0 Å². The van der Waals surface area contributed by atoms with Crippen LogP contribution in [0.2, 0.25) is 0 Å². The second-order valence-corrected chi connectivity index (χ2v) is 8.04. The molecule has 3 N–H and O–H groups in total. The van der Waals surface area contributed by atoms with Crippen molar-refractivity contribution < 1.29 is 12.8 Å². The Balaban J connectivity index is 2.13. The molecule has 3 unspecified atom stereocenters. The van der Waals surface area contributed by atoms with E-state index in [1.165, 1.54) is 6.07 Å². The minimum Gasteiger partial charge on any atom is -0.452 e. The van der Waals surface area contributed by atoms with Gasteiger partial charge in [0, 0.05) is 12.1 Å². The van der Waals surface area contributed by atoms with Crippen LogP contribution in [0.5, 0.6) is 0 Å². The molecule has 0 amide bonds. The van der Waals surface area contributed by atoms with E-state index >= 15 is 0 Å². The van der Waals surface area contributed by atoms with Crippen LogP contribution in [0.1, 0.15) is 38.9 Å². The molecule has 0 aliphatic heterocycles. The highest BCUT2D eigenvalue weighted by molar-refractivity contribution is 9.10. The molecule has 5 nitrogen and oxygen atoms in total. The minimum absolute atomic E-state index is 0.00525. The van der Waals surface area contributed by atoms with Gasteiger partial charge in [-0.25, -0.2) is 13.1 Å². The third-order valence-electron chi connectivity index (χ3n) is 4.12. The molecule has 1 heterocycles. The zero-order valence-electron chi connectivity index (χ0n) is 11.7. The summed E-state index contributed by atoms with van der Waals surface area (Å²) in [6.07, 6.45) is 2.80. The largest absolute Gasteiger partial charge is 0.452 e. The Labute approximate surface area is 128 Å². The van der Waals surface area contributed by atoms with Gasteiger partial charge in [-0.05, 0) is 47.0 Å². The molecule has 7 heteroatoms. The Morgan fingerprint density at radius 3 is 2.65 bits per heavy atom. The van der Waals surface area contributed by atoms with Gasteiger partial charge in [-0.15, -0.1) is 0 Å². The van der Waals surface area contributed by atoms with Crippen LogP contribution in [-0.4, -0.2) is 14.5 Å². The fourth-order valence-electron chi connectivity index (χ4n) is 2.62. The van der Waals surface area contributed by atoms with Gasteiger partial charge in [-0.3, -0.25) is 0 Å². The lowest BCUT2D eigenvalue weighted by Crippen LogP contribution is -2.39. The van der Waals surface area contributed by atoms with E-state index in [0.717, 1.165) is 19.3 Å². The summed E-state index contributed by atoms with van der Waals surface area (Å²) in [7, 11) is -3.57. The minimum atomic E-state index is -3.57. The number of sulfonamides is 1. The smallest absolute Gasteiger partial charge is 0.245 e. The maximum Gasteiger partial charge on any atom is 0.245 e. The van der Waals surface area contributed by atoms with E-state index in [1.54, 1.807) is 0 Å². The van der Waals surface area contributed by atoms with Crippen molar-refractivity contribution in [1.82, 2.24) is 4.72 Å². The summed E-state index contributed by atoms with van der Waals surface area (Å²) in [6, 6.07) is 1.47. The number of furan rings is 1. The molecule has 0 radical (unpaired) electrons. The molecule has 0 saturated heterocycles. The van der Waals surface area contributed by atoms with Gasteiger partial charge in [-0.1, -0.05) is 13.8 Å². The third-order valence-corrected chi connectivity index (χ3v) is 6.49. The maximum atomic E-state index is 12.4. The molecule has 114 valence electrons. The summed E-state index contributed by atoms with van der Waals surface area (Å²) in [6.45, 7) is 4.56. The lowest BCUT2D eigenvalue weighted by atomic mass is 9.79. The van der Waals surface area contributed by atoms with E-state index in [0.29, 0.717) is 17.6 Å². The van der Waals surface area contributed by atoms with Crippen LogP contribution in [0.4, 0.5) is 0 Å². The van der Waals surface area contributed by atoms with Crippen LogP contribution in [0, 0.1) is 11.8 Å². The molecule has 2 rings (SSSR count). The Kier molecular flexibility index (Phi) is 4.94. The predicted octanol–water partition coefficient (Wildman–Crippen LogP) is 2.60. The Hall–Kier alpha value is -0.370.